The summed E-state index contributed by atoms with van der Waals surface area (Å²) in [5.41, 5.74) is 0.953. The highest BCUT2D eigenvalue weighted by Gasteiger charge is 2.15. The van der Waals surface area contributed by atoms with Crippen molar-refractivity contribution in [3.63, 3.8) is 0 Å². The van der Waals surface area contributed by atoms with Crippen molar-refractivity contribution in [3.8, 4) is 23.3 Å². The molecule has 0 aliphatic carbocycles. The Balaban J connectivity index is 2.37. The Morgan fingerprint density at radius 1 is 1.10 bits per heavy atom. The van der Waals surface area contributed by atoms with Gasteiger partial charge in [-0.1, -0.05) is 6.07 Å². The van der Waals surface area contributed by atoms with Crippen LogP contribution in [0.4, 0.5) is 0 Å². The van der Waals surface area contributed by atoms with Crippen LogP contribution in [-0.4, -0.2) is 12.9 Å². The van der Waals surface area contributed by atoms with Gasteiger partial charge in [-0.05, 0) is 43.3 Å². The van der Waals surface area contributed by atoms with Crippen molar-refractivity contribution < 1.29 is 14.3 Å². The number of carbonyl (C=O) groups is 1. The number of nitrogens with zero attached hydrogens (tertiary/aromatic N) is 1. The minimum Gasteiger partial charge on any atom is -0.496 e. The van der Waals surface area contributed by atoms with Gasteiger partial charge in [-0.15, -0.1) is 0 Å². The Morgan fingerprint density at radius 3 is 2.30 bits per heavy atom. The van der Waals surface area contributed by atoms with Crippen molar-refractivity contribution in [3.05, 3.63) is 53.6 Å². The highest BCUT2D eigenvalue weighted by molar-refractivity contribution is 5.99. The molecule has 0 heterocycles. The van der Waals surface area contributed by atoms with E-state index in [0.717, 1.165) is 0 Å². The van der Waals surface area contributed by atoms with Crippen LogP contribution in [0.15, 0.2) is 42.5 Å². The van der Waals surface area contributed by atoms with Crippen molar-refractivity contribution in [2.24, 2.45) is 0 Å². The van der Waals surface area contributed by atoms with Gasteiger partial charge in [0.05, 0.1) is 18.7 Å². The summed E-state index contributed by atoms with van der Waals surface area (Å²) in [7, 11) is 1.51. The molecule has 0 unspecified atom stereocenters. The van der Waals surface area contributed by atoms with E-state index in [-0.39, 0.29) is 5.78 Å². The standard InChI is InChI=1S/C16H13NO3/c1-11(18)16-14(19-2)4-3-5-15(16)20-13-8-6-12(10-17)7-9-13/h3-9H,1-2H3. The Kier molecular flexibility index (Phi) is 4.02. The summed E-state index contributed by atoms with van der Waals surface area (Å²) in [5.74, 6) is 1.33. The van der Waals surface area contributed by atoms with Gasteiger partial charge < -0.3 is 9.47 Å². The molecule has 0 aliphatic heterocycles. The number of ether oxygens (including phenoxy) is 2. The van der Waals surface area contributed by atoms with Crippen LogP contribution in [0.5, 0.6) is 17.2 Å². The van der Waals surface area contributed by atoms with Gasteiger partial charge in [0.15, 0.2) is 5.78 Å². The fourth-order valence-electron chi connectivity index (χ4n) is 1.84. The first-order valence-electron chi connectivity index (χ1n) is 6.01. The first-order chi connectivity index (χ1) is 9.65. The fourth-order valence-corrected chi connectivity index (χ4v) is 1.84. The SMILES string of the molecule is COc1cccc(Oc2ccc(C#N)cc2)c1C(C)=O. The molecule has 0 spiro atoms. The number of benzene rings is 2. The zero-order valence-electron chi connectivity index (χ0n) is 11.2. The molecular weight excluding hydrogens is 254 g/mol. The van der Waals surface area contributed by atoms with E-state index in [0.29, 0.717) is 28.4 Å². The maximum absolute atomic E-state index is 11.7. The third-order valence-corrected chi connectivity index (χ3v) is 2.77. The largest absolute Gasteiger partial charge is 0.496 e. The first-order valence-corrected chi connectivity index (χ1v) is 6.01. The lowest BCUT2D eigenvalue weighted by Gasteiger charge is -2.12. The number of nitriles is 1. The average molecular weight is 267 g/mol. The average Bonchev–Trinajstić information content (AvgIpc) is 2.47. The van der Waals surface area contributed by atoms with Crippen LogP contribution in [0.1, 0.15) is 22.8 Å². The number of hydrogen-bond acceptors (Lipinski definition) is 4. The molecule has 0 atom stereocenters. The predicted molar refractivity (Wildman–Crippen MR) is 74.2 cm³/mol. The number of Topliss-reactive ketones (excluding diaryl/α,β-unsaturated/α-hetero) is 1. The van der Waals surface area contributed by atoms with Gasteiger partial charge in [0.1, 0.15) is 22.8 Å². The van der Waals surface area contributed by atoms with Crippen molar-refractivity contribution in [1.29, 1.82) is 5.26 Å². The summed E-state index contributed by atoms with van der Waals surface area (Å²) in [6.45, 7) is 1.46. The van der Waals surface area contributed by atoms with E-state index in [1.165, 1.54) is 14.0 Å². The Hall–Kier alpha value is -2.80. The molecule has 0 aromatic heterocycles. The summed E-state index contributed by atoms with van der Waals surface area (Å²) >= 11 is 0. The van der Waals surface area contributed by atoms with E-state index in [2.05, 4.69) is 0 Å². The van der Waals surface area contributed by atoms with Crippen LogP contribution >= 0.6 is 0 Å². The molecule has 0 fully saturated rings. The minimum atomic E-state index is -0.133. The summed E-state index contributed by atoms with van der Waals surface area (Å²) < 4.78 is 10.9. The third kappa shape index (κ3) is 2.78. The van der Waals surface area contributed by atoms with Crippen LogP contribution in [0.2, 0.25) is 0 Å². The van der Waals surface area contributed by atoms with Crippen molar-refractivity contribution in [1.82, 2.24) is 0 Å². The molecule has 2 aromatic carbocycles. The van der Waals surface area contributed by atoms with E-state index in [1.54, 1.807) is 42.5 Å². The second kappa shape index (κ2) is 5.89. The molecule has 0 N–H and O–H groups in total. The number of ketones is 1. The van der Waals surface area contributed by atoms with Gasteiger partial charge in [-0.3, -0.25) is 4.79 Å². The van der Waals surface area contributed by atoms with Crippen molar-refractivity contribution in [2.75, 3.05) is 7.11 Å². The molecule has 2 aromatic rings. The van der Waals surface area contributed by atoms with Gasteiger partial charge >= 0.3 is 0 Å². The monoisotopic (exact) mass is 267 g/mol. The van der Waals surface area contributed by atoms with Crippen LogP contribution < -0.4 is 9.47 Å². The van der Waals surface area contributed by atoms with Gasteiger partial charge in [0, 0.05) is 0 Å². The number of hydrogen-bond donors (Lipinski definition) is 0. The molecule has 0 bridgehead atoms. The maximum atomic E-state index is 11.7. The van der Waals surface area contributed by atoms with Gasteiger partial charge in [0.2, 0.25) is 0 Å². The minimum absolute atomic E-state index is 0.133. The second-order valence-electron chi connectivity index (χ2n) is 4.13. The van der Waals surface area contributed by atoms with Crippen LogP contribution in [0.25, 0.3) is 0 Å². The summed E-state index contributed by atoms with van der Waals surface area (Å²) in [6.07, 6.45) is 0. The van der Waals surface area contributed by atoms with E-state index in [9.17, 15) is 4.79 Å². The summed E-state index contributed by atoms with van der Waals surface area (Å²) in [6, 6.07) is 13.9. The van der Waals surface area contributed by atoms with Crippen LogP contribution in [0.3, 0.4) is 0 Å². The highest BCUT2D eigenvalue weighted by atomic mass is 16.5. The molecule has 0 aliphatic rings. The summed E-state index contributed by atoms with van der Waals surface area (Å²) in [4.78, 5) is 11.7. The molecule has 2 rings (SSSR count). The highest BCUT2D eigenvalue weighted by Crippen LogP contribution is 2.32. The van der Waals surface area contributed by atoms with E-state index < -0.39 is 0 Å². The lowest BCUT2D eigenvalue weighted by Crippen LogP contribution is -2.00. The zero-order valence-corrected chi connectivity index (χ0v) is 11.2. The fraction of sp³-hybridized carbons (Fsp3) is 0.125. The molecule has 100 valence electrons. The van der Waals surface area contributed by atoms with Gasteiger partial charge in [0.25, 0.3) is 0 Å². The predicted octanol–water partition coefficient (Wildman–Crippen LogP) is 3.56. The molecule has 4 heteroatoms. The zero-order chi connectivity index (χ0) is 14.5. The lowest BCUT2D eigenvalue weighted by atomic mass is 10.1. The molecule has 0 saturated heterocycles. The Morgan fingerprint density at radius 2 is 1.75 bits per heavy atom. The van der Waals surface area contributed by atoms with E-state index in [1.807, 2.05) is 6.07 Å². The normalized spacial score (nSPS) is 9.65. The van der Waals surface area contributed by atoms with Gasteiger partial charge in [-0.25, -0.2) is 0 Å². The Bertz CT molecular complexity index is 669. The Labute approximate surface area is 117 Å². The number of methoxy groups -OCH3 is 1. The molecule has 0 saturated carbocycles. The lowest BCUT2D eigenvalue weighted by molar-refractivity contribution is 0.101. The summed E-state index contributed by atoms with van der Waals surface area (Å²) in [5, 5.41) is 8.75. The third-order valence-electron chi connectivity index (χ3n) is 2.77. The van der Waals surface area contributed by atoms with E-state index in [4.69, 9.17) is 14.7 Å². The van der Waals surface area contributed by atoms with Crippen molar-refractivity contribution >= 4 is 5.78 Å². The first kappa shape index (κ1) is 13.6. The molecule has 0 radical (unpaired) electrons. The number of carbonyl (C=O) groups excluding carboxylic acids is 1. The quantitative estimate of drug-likeness (QED) is 0.795. The molecule has 4 nitrogen and oxygen atoms in total. The van der Waals surface area contributed by atoms with Crippen LogP contribution in [0, 0.1) is 11.3 Å². The van der Waals surface area contributed by atoms with E-state index >= 15 is 0 Å². The van der Waals surface area contributed by atoms with Crippen LogP contribution in [-0.2, 0) is 0 Å². The molecule has 20 heavy (non-hydrogen) atoms. The second-order valence-corrected chi connectivity index (χ2v) is 4.13. The molecule has 0 amide bonds. The number of rotatable bonds is 4. The maximum Gasteiger partial charge on any atom is 0.167 e. The topological polar surface area (TPSA) is 59.3 Å². The van der Waals surface area contributed by atoms with Gasteiger partial charge in [-0.2, -0.15) is 5.26 Å². The van der Waals surface area contributed by atoms with Crippen molar-refractivity contribution in [2.45, 2.75) is 6.92 Å². The molecular formula is C16H13NO3. The smallest absolute Gasteiger partial charge is 0.167 e.